The molecule has 136 valence electrons. The molecule has 0 unspecified atom stereocenters. The molecular formula is C20H22N2O4. The molecule has 26 heavy (non-hydrogen) atoms. The van der Waals surface area contributed by atoms with Gasteiger partial charge in [0, 0.05) is 31.3 Å². The fourth-order valence-corrected chi connectivity index (χ4v) is 3.08. The Morgan fingerprint density at radius 3 is 2.46 bits per heavy atom. The van der Waals surface area contributed by atoms with E-state index in [1.165, 1.54) is 6.92 Å². The molecular weight excluding hydrogens is 332 g/mol. The Labute approximate surface area is 152 Å². The number of anilines is 1. The van der Waals surface area contributed by atoms with E-state index in [4.69, 9.17) is 9.47 Å². The van der Waals surface area contributed by atoms with E-state index in [0.717, 1.165) is 16.8 Å². The summed E-state index contributed by atoms with van der Waals surface area (Å²) in [4.78, 5) is 26.2. The van der Waals surface area contributed by atoms with Crippen LogP contribution in [-0.4, -0.2) is 31.7 Å². The molecule has 0 aromatic heterocycles. The summed E-state index contributed by atoms with van der Waals surface area (Å²) in [5.74, 6) is 0.936. The van der Waals surface area contributed by atoms with Gasteiger partial charge < -0.3 is 19.7 Å². The van der Waals surface area contributed by atoms with E-state index in [2.05, 4.69) is 5.32 Å². The van der Waals surface area contributed by atoms with Crippen LogP contribution in [0.5, 0.6) is 11.5 Å². The molecule has 0 saturated heterocycles. The zero-order valence-corrected chi connectivity index (χ0v) is 15.2. The quantitative estimate of drug-likeness (QED) is 0.897. The topological polar surface area (TPSA) is 67.9 Å². The van der Waals surface area contributed by atoms with Crippen LogP contribution in [0.3, 0.4) is 0 Å². The lowest BCUT2D eigenvalue weighted by Crippen LogP contribution is -2.38. The number of rotatable bonds is 5. The summed E-state index contributed by atoms with van der Waals surface area (Å²) in [7, 11) is 0. The lowest BCUT2D eigenvalue weighted by molar-refractivity contribution is -0.116. The molecule has 2 aromatic carbocycles. The van der Waals surface area contributed by atoms with E-state index in [9.17, 15) is 9.59 Å². The van der Waals surface area contributed by atoms with Gasteiger partial charge in [-0.15, -0.1) is 0 Å². The van der Waals surface area contributed by atoms with Gasteiger partial charge >= 0.3 is 0 Å². The number of benzene rings is 2. The number of aryl methyl sites for hydroxylation is 2. The van der Waals surface area contributed by atoms with E-state index in [0.29, 0.717) is 30.2 Å². The van der Waals surface area contributed by atoms with Gasteiger partial charge in [0.1, 0.15) is 0 Å². The van der Waals surface area contributed by atoms with Gasteiger partial charge in [0.05, 0.1) is 0 Å². The highest BCUT2D eigenvalue weighted by molar-refractivity contribution is 5.95. The molecule has 1 aliphatic heterocycles. The normalized spacial score (nSPS) is 12.0. The molecule has 1 heterocycles. The Morgan fingerprint density at radius 2 is 1.77 bits per heavy atom. The van der Waals surface area contributed by atoms with E-state index < -0.39 is 0 Å². The van der Waals surface area contributed by atoms with Crippen LogP contribution in [0.2, 0.25) is 0 Å². The Hall–Kier alpha value is -3.02. The first-order chi connectivity index (χ1) is 12.5. The second kappa shape index (κ2) is 7.47. The van der Waals surface area contributed by atoms with Crippen molar-refractivity contribution in [3.8, 4) is 11.5 Å². The standard InChI is InChI=1S/C20H22N2O4/c1-13-5-4-6-14(2)19(13)22(15(3)23)10-9-21-20(24)16-7-8-17-18(11-16)26-12-25-17/h4-8,11H,9-10,12H2,1-3H3,(H,21,24). The maximum atomic E-state index is 12.4. The van der Waals surface area contributed by atoms with Gasteiger partial charge in [-0.25, -0.2) is 0 Å². The fraction of sp³-hybridized carbons (Fsp3) is 0.300. The summed E-state index contributed by atoms with van der Waals surface area (Å²) in [5.41, 5.74) is 3.46. The van der Waals surface area contributed by atoms with Crippen LogP contribution < -0.4 is 19.7 Å². The fourth-order valence-electron chi connectivity index (χ4n) is 3.08. The number of carbonyl (C=O) groups excluding carboxylic acids is 2. The first-order valence-corrected chi connectivity index (χ1v) is 8.49. The van der Waals surface area contributed by atoms with Crippen LogP contribution in [0, 0.1) is 13.8 Å². The molecule has 0 radical (unpaired) electrons. The van der Waals surface area contributed by atoms with Crippen molar-refractivity contribution in [1.82, 2.24) is 5.32 Å². The van der Waals surface area contributed by atoms with Gasteiger partial charge in [-0.1, -0.05) is 18.2 Å². The maximum absolute atomic E-state index is 12.4. The SMILES string of the molecule is CC(=O)N(CCNC(=O)c1ccc2c(c1)OCO2)c1c(C)cccc1C. The number of nitrogens with zero attached hydrogens (tertiary/aromatic N) is 1. The second-order valence-corrected chi connectivity index (χ2v) is 6.24. The smallest absolute Gasteiger partial charge is 0.251 e. The molecule has 1 N–H and O–H groups in total. The van der Waals surface area contributed by atoms with Gasteiger partial charge in [0.25, 0.3) is 5.91 Å². The van der Waals surface area contributed by atoms with Crippen molar-refractivity contribution < 1.29 is 19.1 Å². The molecule has 6 heteroatoms. The molecule has 0 aliphatic carbocycles. The number of fused-ring (bicyclic) bond motifs is 1. The molecule has 6 nitrogen and oxygen atoms in total. The molecule has 3 rings (SSSR count). The minimum Gasteiger partial charge on any atom is -0.454 e. The summed E-state index contributed by atoms with van der Waals surface area (Å²) < 4.78 is 10.5. The van der Waals surface area contributed by atoms with Crippen LogP contribution in [0.15, 0.2) is 36.4 Å². The second-order valence-electron chi connectivity index (χ2n) is 6.24. The number of hydrogen-bond acceptors (Lipinski definition) is 4. The Bertz CT molecular complexity index is 827. The molecule has 0 fully saturated rings. The number of amides is 2. The summed E-state index contributed by atoms with van der Waals surface area (Å²) in [5, 5.41) is 2.85. The van der Waals surface area contributed by atoms with Crippen LogP contribution in [0.4, 0.5) is 5.69 Å². The van der Waals surface area contributed by atoms with Crippen LogP contribution in [-0.2, 0) is 4.79 Å². The number of hydrogen-bond donors (Lipinski definition) is 1. The van der Waals surface area contributed by atoms with Crippen molar-refractivity contribution in [1.29, 1.82) is 0 Å². The van der Waals surface area contributed by atoms with Crippen LogP contribution >= 0.6 is 0 Å². The van der Waals surface area contributed by atoms with Gasteiger partial charge in [-0.2, -0.15) is 0 Å². The van der Waals surface area contributed by atoms with Crippen molar-refractivity contribution >= 4 is 17.5 Å². The van der Waals surface area contributed by atoms with E-state index >= 15 is 0 Å². The highest BCUT2D eigenvalue weighted by Gasteiger charge is 2.18. The van der Waals surface area contributed by atoms with Gasteiger partial charge in [0.2, 0.25) is 12.7 Å². The number of carbonyl (C=O) groups is 2. The monoisotopic (exact) mass is 354 g/mol. The van der Waals surface area contributed by atoms with Crippen LogP contribution in [0.25, 0.3) is 0 Å². The van der Waals surface area contributed by atoms with Crippen molar-refractivity contribution in [3.05, 3.63) is 53.1 Å². The van der Waals surface area contributed by atoms with Crippen molar-refractivity contribution in [2.24, 2.45) is 0 Å². The zero-order valence-electron chi connectivity index (χ0n) is 15.2. The van der Waals surface area contributed by atoms with Crippen molar-refractivity contribution in [2.45, 2.75) is 20.8 Å². The Balaban J connectivity index is 1.65. The lowest BCUT2D eigenvalue weighted by atomic mass is 10.1. The maximum Gasteiger partial charge on any atom is 0.251 e. The largest absolute Gasteiger partial charge is 0.454 e. The summed E-state index contributed by atoms with van der Waals surface area (Å²) in [6, 6.07) is 11.0. The van der Waals surface area contributed by atoms with E-state index in [1.54, 1.807) is 23.1 Å². The molecule has 2 aromatic rings. The average molecular weight is 354 g/mol. The minimum absolute atomic E-state index is 0.0558. The minimum atomic E-state index is -0.215. The third-order valence-corrected chi connectivity index (χ3v) is 4.35. The summed E-state index contributed by atoms with van der Waals surface area (Å²) >= 11 is 0. The van der Waals surface area contributed by atoms with Crippen LogP contribution in [0.1, 0.15) is 28.4 Å². The average Bonchev–Trinajstić information content (AvgIpc) is 3.07. The van der Waals surface area contributed by atoms with E-state index in [1.807, 2.05) is 32.0 Å². The Kier molecular flexibility index (Phi) is 5.11. The lowest BCUT2D eigenvalue weighted by Gasteiger charge is -2.25. The molecule has 0 spiro atoms. The third-order valence-electron chi connectivity index (χ3n) is 4.35. The molecule has 0 saturated carbocycles. The number of ether oxygens (including phenoxy) is 2. The highest BCUT2D eigenvalue weighted by atomic mass is 16.7. The number of nitrogens with one attached hydrogen (secondary N) is 1. The predicted octanol–water partition coefficient (Wildman–Crippen LogP) is 2.82. The van der Waals surface area contributed by atoms with Crippen molar-refractivity contribution in [2.75, 3.05) is 24.8 Å². The zero-order chi connectivity index (χ0) is 18.7. The third kappa shape index (κ3) is 3.64. The summed E-state index contributed by atoms with van der Waals surface area (Å²) in [6.45, 7) is 6.40. The number of para-hydroxylation sites is 1. The molecule has 2 amide bonds. The molecule has 1 aliphatic rings. The molecule has 0 bridgehead atoms. The predicted molar refractivity (Wildman–Crippen MR) is 98.8 cm³/mol. The van der Waals surface area contributed by atoms with E-state index in [-0.39, 0.29) is 18.6 Å². The summed E-state index contributed by atoms with van der Waals surface area (Å²) in [6.07, 6.45) is 0. The first-order valence-electron chi connectivity index (χ1n) is 8.49. The van der Waals surface area contributed by atoms with Gasteiger partial charge in [-0.05, 0) is 43.2 Å². The molecule has 0 atom stereocenters. The highest BCUT2D eigenvalue weighted by Crippen LogP contribution is 2.32. The van der Waals surface area contributed by atoms with Gasteiger partial charge in [0.15, 0.2) is 11.5 Å². The van der Waals surface area contributed by atoms with Crippen molar-refractivity contribution in [3.63, 3.8) is 0 Å². The first kappa shape index (κ1) is 17.8. The Morgan fingerprint density at radius 1 is 1.08 bits per heavy atom. The van der Waals surface area contributed by atoms with Gasteiger partial charge in [-0.3, -0.25) is 9.59 Å².